The monoisotopic (exact) mass is 610 g/mol. The van der Waals surface area contributed by atoms with Crippen LogP contribution in [0.4, 0.5) is 13.2 Å². The zero-order valence-electron chi connectivity index (χ0n) is 21.3. The minimum atomic E-state index is -2.84. The van der Waals surface area contributed by atoms with Crippen LogP contribution in [-0.4, -0.2) is 44.6 Å². The lowest BCUT2D eigenvalue weighted by molar-refractivity contribution is 0.0585. The Bertz CT molecular complexity index is 1840. The molecule has 0 saturated heterocycles. The summed E-state index contributed by atoms with van der Waals surface area (Å²) in [6, 6.07) is 15.7. The van der Waals surface area contributed by atoms with Crippen molar-refractivity contribution in [2.45, 2.75) is 18.7 Å². The van der Waals surface area contributed by atoms with Crippen LogP contribution in [0.25, 0.3) is 28.1 Å². The van der Waals surface area contributed by atoms with Gasteiger partial charge in [0.25, 0.3) is 0 Å². The Morgan fingerprint density at radius 3 is 2.36 bits per heavy atom. The maximum absolute atomic E-state index is 15.4. The van der Waals surface area contributed by atoms with Crippen LogP contribution in [-0.2, 0) is 0 Å². The first-order valence-electron chi connectivity index (χ1n) is 12.4. The number of hydrogen-bond acceptors (Lipinski definition) is 6. The molecule has 0 aliphatic heterocycles. The Hall–Kier alpha value is -4.52. The van der Waals surface area contributed by atoms with Crippen molar-refractivity contribution < 1.29 is 18.3 Å². The molecule has 42 heavy (non-hydrogen) atoms. The lowest BCUT2D eigenvalue weighted by Gasteiger charge is -2.24. The van der Waals surface area contributed by atoms with Crippen LogP contribution in [0.15, 0.2) is 91.6 Å². The molecule has 0 fully saturated rings. The molecule has 0 unspecified atom stereocenters. The Labute approximate surface area is 246 Å². The zero-order chi connectivity index (χ0) is 29.4. The normalized spacial score (nSPS) is 13.0. The van der Waals surface area contributed by atoms with Gasteiger partial charge < -0.3 is 5.11 Å². The lowest BCUT2D eigenvalue weighted by atomic mass is 9.98. The molecule has 2 aromatic carbocycles. The van der Waals surface area contributed by atoms with Crippen LogP contribution in [0, 0.1) is 5.82 Å². The summed E-state index contributed by atoms with van der Waals surface area (Å²) >= 11 is 12.0. The van der Waals surface area contributed by atoms with Crippen molar-refractivity contribution in [3.63, 3.8) is 0 Å². The molecule has 0 spiro atoms. The van der Waals surface area contributed by atoms with E-state index >= 15 is 4.39 Å². The highest BCUT2D eigenvalue weighted by molar-refractivity contribution is 6.31. The van der Waals surface area contributed by atoms with Crippen LogP contribution in [0.3, 0.4) is 0 Å². The molecular weight excluding hydrogens is 592 g/mol. The minimum Gasteiger partial charge on any atom is -0.386 e. The fourth-order valence-corrected chi connectivity index (χ4v) is 4.97. The Balaban J connectivity index is 1.43. The molecule has 212 valence electrons. The first kappa shape index (κ1) is 27.6. The summed E-state index contributed by atoms with van der Waals surface area (Å²) in [6.07, 6.45) is 5.95. The number of aromatic nitrogens is 8. The lowest BCUT2D eigenvalue weighted by Crippen LogP contribution is -2.21. The van der Waals surface area contributed by atoms with Gasteiger partial charge in [-0.1, -0.05) is 64.8 Å². The molecule has 0 radical (unpaired) electrons. The molecule has 0 bridgehead atoms. The zero-order valence-corrected chi connectivity index (χ0v) is 22.8. The molecule has 0 aliphatic carbocycles. The highest BCUT2D eigenvalue weighted by Gasteiger charge is 2.28. The van der Waals surface area contributed by atoms with E-state index in [1.165, 1.54) is 52.5 Å². The second kappa shape index (κ2) is 11.4. The summed E-state index contributed by atoms with van der Waals surface area (Å²) < 4.78 is 45.7. The van der Waals surface area contributed by atoms with Crippen molar-refractivity contribution in [3.8, 4) is 28.1 Å². The molecule has 0 aliphatic rings. The summed E-state index contributed by atoms with van der Waals surface area (Å²) in [5.74, 6) is -0.691. The van der Waals surface area contributed by atoms with Gasteiger partial charge in [-0.25, -0.2) is 13.8 Å². The SMILES string of the molecule is O[C@H](c1ccccc1)[C@H](c1ccc(-c2c(-n3cc(Cl)nn3)ccc(Cl)c2F)cn1)n1cc(-c2ccnn2C(F)F)cn1. The van der Waals surface area contributed by atoms with E-state index in [4.69, 9.17) is 23.2 Å². The first-order chi connectivity index (χ1) is 20.3. The van der Waals surface area contributed by atoms with E-state index in [0.29, 0.717) is 32.8 Å². The molecule has 2 atom stereocenters. The molecule has 1 N–H and O–H groups in total. The molecule has 6 aromatic rings. The number of benzene rings is 2. The summed E-state index contributed by atoms with van der Waals surface area (Å²) in [5, 5.41) is 27.3. The third-order valence-electron chi connectivity index (χ3n) is 6.64. The van der Waals surface area contributed by atoms with E-state index in [2.05, 4.69) is 25.5 Å². The van der Waals surface area contributed by atoms with Crippen molar-refractivity contribution in [1.29, 1.82) is 0 Å². The quantitative estimate of drug-likeness (QED) is 0.210. The van der Waals surface area contributed by atoms with Gasteiger partial charge in [0.15, 0.2) is 11.0 Å². The predicted molar refractivity (Wildman–Crippen MR) is 149 cm³/mol. The highest BCUT2D eigenvalue weighted by atomic mass is 35.5. The van der Waals surface area contributed by atoms with Crippen LogP contribution in [0.1, 0.15) is 30.0 Å². The van der Waals surface area contributed by atoms with Gasteiger partial charge in [-0.15, -0.1) is 5.10 Å². The van der Waals surface area contributed by atoms with Crippen molar-refractivity contribution in [2.75, 3.05) is 0 Å². The number of halogens is 5. The molecule has 0 amide bonds. The van der Waals surface area contributed by atoms with E-state index < -0.39 is 24.5 Å². The molecule has 4 aromatic heterocycles. The Morgan fingerprint density at radius 2 is 1.67 bits per heavy atom. The van der Waals surface area contributed by atoms with Crippen molar-refractivity contribution in [2.24, 2.45) is 0 Å². The molecule has 9 nitrogen and oxygen atoms in total. The van der Waals surface area contributed by atoms with Crippen LogP contribution >= 0.6 is 23.2 Å². The van der Waals surface area contributed by atoms with Crippen LogP contribution < -0.4 is 0 Å². The van der Waals surface area contributed by atoms with Gasteiger partial charge in [0.2, 0.25) is 0 Å². The maximum Gasteiger partial charge on any atom is 0.333 e. The summed E-state index contributed by atoms with van der Waals surface area (Å²) in [7, 11) is 0. The van der Waals surface area contributed by atoms with E-state index in [0.717, 1.165) is 0 Å². The first-order valence-corrected chi connectivity index (χ1v) is 13.2. The second-order valence-electron chi connectivity index (χ2n) is 9.16. The fraction of sp³-hybridized carbons (Fsp3) is 0.107. The van der Waals surface area contributed by atoms with Crippen molar-refractivity contribution in [3.05, 3.63) is 119 Å². The number of pyridine rings is 1. The van der Waals surface area contributed by atoms with Gasteiger partial charge in [-0.05, 0) is 29.8 Å². The average molecular weight is 611 g/mol. The second-order valence-corrected chi connectivity index (χ2v) is 9.96. The smallest absolute Gasteiger partial charge is 0.333 e. The van der Waals surface area contributed by atoms with Gasteiger partial charge in [-0.2, -0.15) is 19.0 Å². The number of hydrogen-bond donors (Lipinski definition) is 1. The Kier molecular flexibility index (Phi) is 7.50. The number of alkyl halides is 2. The summed E-state index contributed by atoms with van der Waals surface area (Å²) in [4.78, 5) is 4.57. The van der Waals surface area contributed by atoms with E-state index in [9.17, 15) is 13.9 Å². The van der Waals surface area contributed by atoms with Gasteiger partial charge in [0.1, 0.15) is 12.1 Å². The van der Waals surface area contributed by atoms with Gasteiger partial charge in [0, 0.05) is 35.3 Å². The topological polar surface area (TPSA) is 99.5 Å². The molecule has 14 heteroatoms. The van der Waals surface area contributed by atoms with E-state index in [-0.39, 0.29) is 21.4 Å². The average Bonchev–Trinajstić information content (AvgIpc) is 3.77. The van der Waals surface area contributed by atoms with Crippen LogP contribution in [0.2, 0.25) is 10.2 Å². The highest BCUT2D eigenvalue weighted by Crippen LogP contribution is 2.36. The molecule has 6 rings (SSSR count). The molecule has 4 heterocycles. The maximum atomic E-state index is 15.4. The number of nitrogens with zero attached hydrogens (tertiary/aromatic N) is 8. The molecular formula is C28H19Cl2F3N8O. The summed E-state index contributed by atoms with van der Waals surface area (Å²) in [5.41, 5.74) is 2.30. The summed E-state index contributed by atoms with van der Waals surface area (Å²) in [6.45, 7) is -2.84. The minimum absolute atomic E-state index is 0.103. The van der Waals surface area contributed by atoms with Gasteiger partial charge in [0.05, 0.1) is 34.5 Å². The van der Waals surface area contributed by atoms with E-state index in [1.54, 1.807) is 42.5 Å². The van der Waals surface area contributed by atoms with Crippen LogP contribution in [0.5, 0.6) is 0 Å². The van der Waals surface area contributed by atoms with Crippen molar-refractivity contribution in [1.82, 2.24) is 39.5 Å². The Morgan fingerprint density at radius 1 is 0.857 bits per heavy atom. The largest absolute Gasteiger partial charge is 0.386 e. The standard InChI is InChI=1S/C28H19Cl2F3N8O/c29-19-7-9-22(39-15-23(30)37-38-39)24(25(19)31)17-6-8-20(34-12-17)26(27(42)16-4-2-1-3-5-16)40-14-18(13-36-40)21-10-11-35-41(21)28(32)33/h1-15,26-28,42H/t26-,27+/m0/s1. The van der Waals surface area contributed by atoms with Gasteiger partial charge >= 0.3 is 6.55 Å². The van der Waals surface area contributed by atoms with Crippen molar-refractivity contribution >= 4 is 23.2 Å². The van der Waals surface area contributed by atoms with E-state index in [1.807, 2.05) is 6.07 Å². The predicted octanol–water partition coefficient (Wildman–Crippen LogP) is 6.55. The number of aliphatic hydroxyl groups is 1. The third kappa shape index (κ3) is 5.15. The third-order valence-corrected chi connectivity index (χ3v) is 7.11. The number of aliphatic hydroxyl groups excluding tert-OH is 1. The fourth-order valence-electron chi connectivity index (χ4n) is 4.69. The number of rotatable bonds is 8. The molecule has 0 saturated carbocycles. The van der Waals surface area contributed by atoms with Gasteiger partial charge in [-0.3, -0.25) is 9.67 Å².